The quantitative estimate of drug-likeness (QED) is 0.278. The molecule has 0 spiro atoms. The van der Waals surface area contributed by atoms with Gasteiger partial charge in [0.2, 0.25) is 0 Å². The molecule has 0 radical (unpaired) electrons. The molecular weight excluding hydrogens is 336 g/mol. The molecule has 0 amide bonds. The molecule has 1 aliphatic heterocycles. The summed E-state index contributed by atoms with van der Waals surface area (Å²) in [6.45, 7) is 1.76. The molecule has 2 aliphatic rings. The zero-order valence-electron chi connectivity index (χ0n) is 15.5. The molecule has 1 heterocycles. The van der Waals surface area contributed by atoms with Gasteiger partial charge in [0.1, 0.15) is 6.10 Å². The van der Waals surface area contributed by atoms with Gasteiger partial charge in [0.05, 0.1) is 18.3 Å². The second kappa shape index (κ2) is 10.8. The highest BCUT2D eigenvalue weighted by Gasteiger charge is 2.49. The van der Waals surface area contributed by atoms with Gasteiger partial charge in [0.15, 0.2) is 0 Å². The Bertz CT molecular complexity index is 487. The zero-order valence-corrected chi connectivity index (χ0v) is 15.5. The molecule has 1 saturated heterocycles. The predicted octanol–water partition coefficient (Wildman–Crippen LogP) is 2.99. The molecule has 2 fully saturated rings. The van der Waals surface area contributed by atoms with Gasteiger partial charge in [-0.1, -0.05) is 24.3 Å². The first-order valence-electron chi connectivity index (χ1n) is 9.70. The lowest BCUT2D eigenvalue weighted by Crippen LogP contribution is -2.28. The fraction of sp³-hybridized carbons (Fsp3) is 0.750. The Morgan fingerprint density at radius 1 is 1.15 bits per heavy atom. The minimum absolute atomic E-state index is 0.0475. The number of fused-ring (bicyclic) bond motifs is 2. The lowest BCUT2D eigenvalue weighted by atomic mass is 9.89. The number of hydrogen-bond acceptors (Lipinski definition) is 5. The summed E-state index contributed by atoms with van der Waals surface area (Å²) < 4.78 is 0. The first-order chi connectivity index (χ1) is 12.5. The van der Waals surface area contributed by atoms with Gasteiger partial charge in [-0.15, -0.1) is 0 Å². The molecule has 0 aromatic carbocycles. The highest BCUT2D eigenvalue weighted by atomic mass is 17.2. The molecule has 6 heteroatoms. The van der Waals surface area contributed by atoms with Crippen molar-refractivity contribution in [3.63, 3.8) is 0 Å². The molecule has 2 bridgehead atoms. The first-order valence-corrected chi connectivity index (χ1v) is 9.70. The summed E-state index contributed by atoms with van der Waals surface area (Å²) in [5.74, 6) is -0.205. The molecular formula is C20H32O6. The van der Waals surface area contributed by atoms with E-state index in [4.69, 9.17) is 14.9 Å². The van der Waals surface area contributed by atoms with Crippen LogP contribution >= 0.6 is 0 Å². The van der Waals surface area contributed by atoms with Crippen LogP contribution < -0.4 is 0 Å². The number of allylic oxidation sites excluding steroid dienone is 2. The molecule has 0 aromatic heterocycles. The second-order valence-electron chi connectivity index (χ2n) is 7.47. The van der Waals surface area contributed by atoms with Crippen LogP contribution in [0.3, 0.4) is 0 Å². The van der Waals surface area contributed by atoms with E-state index in [-0.39, 0.29) is 30.7 Å². The Hall–Kier alpha value is -1.21. The Morgan fingerprint density at radius 3 is 2.65 bits per heavy atom. The van der Waals surface area contributed by atoms with Crippen molar-refractivity contribution in [1.82, 2.24) is 0 Å². The predicted molar refractivity (Wildman–Crippen MR) is 97.3 cm³/mol. The number of unbranched alkanes of at least 4 members (excludes halogenated alkanes) is 1. The average molecular weight is 368 g/mol. The van der Waals surface area contributed by atoms with Crippen LogP contribution in [0.2, 0.25) is 0 Å². The van der Waals surface area contributed by atoms with Crippen molar-refractivity contribution in [2.75, 3.05) is 0 Å². The Morgan fingerprint density at radius 2 is 1.92 bits per heavy atom. The number of carboxylic acids is 1. The van der Waals surface area contributed by atoms with Gasteiger partial charge in [-0.3, -0.25) is 4.79 Å². The molecule has 2 rings (SSSR count). The van der Waals surface area contributed by atoms with Crippen LogP contribution in [0, 0.1) is 11.8 Å². The van der Waals surface area contributed by atoms with Gasteiger partial charge in [0, 0.05) is 24.7 Å². The maximum absolute atomic E-state index is 10.5. The van der Waals surface area contributed by atoms with Crippen molar-refractivity contribution in [3.05, 3.63) is 24.3 Å². The van der Waals surface area contributed by atoms with E-state index in [2.05, 4.69) is 12.2 Å². The monoisotopic (exact) mass is 368 g/mol. The van der Waals surface area contributed by atoms with Gasteiger partial charge in [-0.05, 0) is 45.4 Å². The van der Waals surface area contributed by atoms with Crippen LogP contribution in [0.1, 0.15) is 58.3 Å². The highest BCUT2D eigenvalue weighted by molar-refractivity contribution is 5.66. The van der Waals surface area contributed by atoms with Crippen LogP contribution in [0.5, 0.6) is 0 Å². The third-order valence-electron chi connectivity index (χ3n) is 5.18. The fourth-order valence-electron chi connectivity index (χ4n) is 3.73. The Kier molecular flexibility index (Phi) is 8.78. The minimum atomic E-state index is -0.755. The van der Waals surface area contributed by atoms with E-state index in [1.165, 1.54) is 0 Å². The van der Waals surface area contributed by atoms with Crippen molar-refractivity contribution in [2.45, 2.75) is 82.7 Å². The molecule has 148 valence electrons. The number of aliphatic hydroxyl groups excluding tert-OH is 2. The molecule has 6 atom stereocenters. The number of aliphatic carboxylic acids is 1. The molecule has 3 N–H and O–H groups in total. The molecule has 0 aromatic rings. The largest absolute Gasteiger partial charge is 0.481 e. The van der Waals surface area contributed by atoms with E-state index in [0.717, 1.165) is 25.7 Å². The second-order valence-corrected chi connectivity index (χ2v) is 7.47. The van der Waals surface area contributed by atoms with Crippen molar-refractivity contribution >= 4 is 5.97 Å². The molecule has 1 aliphatic carbocycles. The standard InChI is InChI=1S/C20H32O6/c1-14(21)7-6-8-15(22)11-12-17-16(18-13-19(17)26-25-18)9-4-2-3-5-10-20(23)24/h2,4,11-12,14-19,21-22H,3,5-10,13H2,1H3,(H,23,24)/b4-2+,12-11+. The van der Waals surface area contributed by atoms with E-state index in [1.807, 2.05) is 12.2 Å². The summed E-state index contributed by atoms with van der Waals surface area (Å²) in [6.07, 6.45) is 12.9. The topological polar surface area (TPSA) is 96.2 Å². The summed E-state index contributed by atoms with van der Waals surface area (Å²) >= 11 is 0. The van der Waals surface area contributed by atoms with Crippen molar-refractivity contribution < 1.29 is 29.9 Å². The third-order valence-corrected chi connectivity index (χ3v) is 5.18. The molecule has 1 saturated carbocycles. The fourth-order valence-corrected chi connectivity index (χ4v) is 3.73. The summed E-state index contributed by atoms with van der Waals surface area (Å²) in [6, 6.07) is 0. The van der Waals surface area contributed by atoms with Gasteiger partial charge < -0.3 is 15.3 Å². The maximum Gasteiger partial charge on any atom is 0.303 e. The van der Waals surface area contributed by atoms with E-state index >= 15 is 0 Å². The smallest absolute Gasteiger partial charge is 0.303 e. The van der Waals surface area contributed by atoms with Gasteiger partial charge in [-0.2, -0.15) is 0 Å². The van der Waals surface area contributed by atoms with E-state index in [0.29, 0.717) is 25.2 Å². The number of rotatable bonds is 12. The van der Waals surface area contributed by atoms with Gasteiger partial charge >= 0.3 is 5.97 Å². The minimum Gasteiger partial charge on any atom is -0.481 e. The number of hydrogen-bond donors (Lipinski definition) is 3. The normalized spacial score (nSPS) is 30.4. The molecule has 6 nitrogen and oxygen atoms in total. The van der Waals surface area contributed by atoms with E-state index < -0.39 is 12.1 Å². The highest BCUT2D eigenvalue weighted by Crippen LogP contribution is 2.44. The van der Waals surface area contributed by atoms with Gasteiger partial charge in [0.25, 0.3) is 0 Å². The lowest BCUT2D eigenvalue weighted by molar-refractivity contribution is -0.336. The summed E-state index contributed by atoms with van der Waals surface area (Å²) in [4.78, 5) is 21.2. The number of carbonyl (C=O) groups is 1. The van der Waals surface area contributed by atoms with Crippen molar-refractivity contribution in [3.8, 4) is 0 Å². The van der Waals surface area contributed by atoms with Crippen LogP contribution in [-0.4, -0.2) is 45.7 Å². The van der Waals surface area contributed by atoms with Gasteiger partial charge in [-0.25, -0.2) is 9.78 Å². The third kappa shape index (κ3) is 6.83. The molecule has 6 unspecified atom stereocenters. The summed E-state index contributed by atoms with van der Waals surface area (Å²) in [5.41, 5.74) is 0. The van der Waals surface area contributed by atoms with Crippen LogP contribution in [0.25, 0.3) is 0 Å². The SMILES string of the molecule is CC(O)CCCC(O)/C=C/C1C2CC(OO2)C1C/C=C/CCCC(=O)O. The summed E-state index contributed by atoms with van der Waals surface area (Å²) in [7, 11) is 0. The lowest BCUT2D eigenvalue weighted by Gasteiger charge is -2.27. The Balaban J connectivity index is 1.77. The summed E-state index contributed by atoms with van der Waals surface area (Å²) in [5, 5.41) is 28.0. The van der Waals surface area contributed by atoms with Crippen molar-refractivity contribution in [1.29, 1.82) is 0 Å². The first kappa shape index (κ1) is 21.1. The average Bonchev–Trinajstić information content (AvgIpc) is 3.17. The van der Waals surface area contributed by atoms with Crippen LogP contribution in [0.4, 0.5) is 0 Å². The maximum atomic E-state index is 10.5. The molecule has 26 heavy (non-hydrogen) atoms. The van der Waals surface area contributed by atoms with Crippen LogP contribution in [-0.2, 0) is 14.6 Å². The number of carboxylic acid groups (broad SMARTS) is 1. The van der Waals surface area contributed by atoms with E-state index in [9.17, 15) is 15.0 Å². The zero-order chi connectivity index (χ0) is 18.9. The van der Waals surface area contributed by atoms with Crippen LogP contribution in [0.15, 0.2) is 24.3 Å². The Labute approximate surface area is 155 Å². The number of aliphatic hydroxyl groups is 2. The van der Waals surface area contributed by atoms with Crippen molar-refractivity contribution in [2.24, 2.45) is 11.8 Å². The van der Waals surface area contributed by atoms with E-state index in [1.54, 1.807) is 6.92 Å².